The Labute approximate surface area is 170 Å². The fourth-order valence-electron chi connectivity index (χ4n) is 3.65. The molecular weight excluding hydrogens is 370 g/mol. The Morgan fingerprint density at radius 3 is 2.82 bits per heavy atom. The number of rotatable bonds is 7. The summed E-state index contributed by atoms with van der Waals surface area (Å²) in [6, 6.07) is 2.17. The first-order valence-electron chi connectivity index (χ1n) is 10.1. The molecule has 1 fully saturated rings. The Hall–Kier alpha value is -2.19. The van der Waals surface area contributed by atoms with Crippen molar-refractivity contribution in [1.29, 1.82) is 0 Å². The van der Waals surface area contributed by atoms with E-state index >= 15 is 0 Å². The van der Waals surface area contributed by atoms with Gasteiger partial charge < -0.3 is 16.0 Å². The van der Waals surface area contributed by atoms with Crippen molar-refractivity contribution in [3.8, 4) is 0 Å². The van der Waals surface area contributed by atoms with Crippen molar-refractivity contribution >= 4 is 28.6 Å². The van der Waals surface area contributed by atoms with Gasteiger partial charge in [-0.2, -0.15) is 9.61 Å². The van der Waals surface area contributed by atoms with Gasteiger partial charge in [-0.25, -0.2) is 9.97 Å². The van der Waals surface area contributed by atoms with Gasteiger partial charge in [0.15, 0.2) is 5.65 Å². The SMILES string of the molecule is CC(C)c1cnn2c(NC(C)c3nccs3)cc(NCC3CCNCC3)nc12. The highest BCUT2D eigenvalue weighted by atomic mass is 32.1. The molecule has 4 heterocycles. The molecule has 4 rings (SSSR count). The van der Waals surface area contributed by atoms with Gasteiger partial charge >= 0.3 is 0 Å². The Balaban J connectivity index is 1.62. The number of fused-ring (bicyclic) bond motifs is 1. The van der Waals surface area contributed by atoms with E-state index in [1.807, 2.05) is 22.3 Å². The van der Waals surface area contributed by atoms with E-state index in [0.29, 0.717) is 11.8 Å². The molecule has 7 nitrogen and oxygen atoms in total. The van der Waals surface area contributed by atoms with Gasteiger partial charge in [0.1, 0.15) is 16.6 Å². The number of nitrogens with one attached hydrogen (secondary N) is 3. The van der Waals surface area contributed by atoms with E-state index in [1.54, 1.807) is 11.3 Å². The largest absolute Gasteiger partial charge is 0.370 e. The van der Waals surface area contributed by atoms with Crippen LogP contribution in [0, 0.1) is 5.92 Å². The molecular formula is C20H29N7S. The second-order valence-corrected chi connectivity index (χ2v) is 8.75. The quantitative estimate of drug-likeness (QED) is 0.559. The molecule has 0 aliphatic carbocycles. The van der Waals surface area contributed by atoms with Crippen molar-refractivity contribution in [1.82, 2.24) is 24.9 Å². The maximum absolute atomic E-state index is 4.89. The summed E-state index contributed by atoms with van der Waals surface area (Å²) in [5, 5.41) is 18.3. The fraction of sp³-hybridized carbons (Fsp3) is 0.550. The molecule has 150 valence electrons. The lowest BCUT2D eigenvalue weighted by Crippen LogP contribution is -2.31. The standard InChI is InChI=1S/C20H29N7S/c1-13(2)16-12-24-27-18(25-14(3)20-22-8-9-28-20)10-17(26-19(16)27)23-11-15-4-6-21-7-5-15/h8-10,12-15,21,25H,4-7,11H2,1-3H3,(H,23,26). The number of piperidine rings is 1. The highest BCUT2D eigenvalue weighted by Crippen LogP contribution is 2.27. The number of thiazole rings is 1. The van der Waals surface area contributed by atoms with Crippen LogP contribution >= 0.6 is 11.3 Å². The molecule has 0 spiro atoms. The molecule has 28 heavy (non-hydrogen) atoms. The molecule has 8 heteroatoms. The Bertz CT molecular complexity index is 897. The summed E-state index contributed by atoms with van der Waals surface area (Å²) in [6.45, 7) is 9.66. The van der Waals surface area contributed by atoms with Crippen LogP contribution in [-0.4, -0.2) is 39.2 Å². The van der Waals surface area contributed by atoms with E-state index in [-0.39, 0.29) is 6.04 Å². The zero-order chi connectivity index (χ0) is 19.5. The van der Waals surface area contributed by atoms with Gasteiger partial charge in [0.25, 0.3) is 0 Å². The van der Waals surface area contributed by atoms with Gasteiger partial charge in [-0.1, -0.05) is 13.8 Å². The fourth-order valence-corrected chi connectivity index (χ4v) is 4.29. The molecule has 1 aliphatic rings. The van der Waals surface area contributed by atoms with Gasteiger partial charge in [0, 0.05) is 29.8 Å². The van der Waals surface area contributed by atoms with Gasteiger partial charge in [0.05, 0.1) is 12.2 Å². The number of anilines is 2. The summed E-state index contributed by atoms with van der Waals surface area (Å²) in [4.78, 5) is 9.33. The second-order valence-electron chi connectivity index (χ2n) is 7.83. The molecule has 0 aromatic carbocycles. The van der Waals surface area contributed by atoms with Crippen LogP contribution in [0.4, 0.5) is 11.6 Å². The number of hydrogen-bond donors (Lipinski definition) is 3. The summed E-state index contributed by atoms with van der Waals surface area (Å²) in [5.41, 5.74) is 2.08. The molecule has 0 amide bonds. The monoisotopic (exact) mass is 399 g/mol. The predicted molar refractivity (Wildman–Crippen MR) is 115 cm³/mol. The lowest BCUT2D eigenvalue weighted by atomic mass is 9.98. The van der Waals surface area contributed by atoms with E-state index < -0.39 is 0 Å². The Morgan fingerprint density at radius 2 is 2.11 bits per heavy atom. The summed E-state index contributed by atoms with van der Waals surface area (Å²) in [7, 11) is 0. The molecule has 0 radical (unpaired) electrons. The van der Waals surface area contributed by atoms with Crippen molar-refractivity contribution in [2.45, 2.75) is 45.6 Å². The third-order valence-electron chi connectivity index (χ3n) is 5.34. The van der Waals surface area contributed by atoms with Crippen molar-refractivity contribution < 1.29 is 0 Å². The molecule has 1 unspecified atom stereocenters. The maximum Gasteiger partial charge on any atom is 0.163 e. The predicted octanol–water partition coefficient (Wildman–Crippen LogP) is 3.89. The smallest absolute Gasteiger partial charge is 0.163 e. The van der Waals surface area contributed by atoms with E-state index in [4.69, 9.17) is 4.98 Å². The topological polar surface area (TPSA) is 79.2 Å². The van der Waals surface area contributed by atoms with Crippen LogP contribution in [0.2, 0.25) is 0 Å². The first-order valence-corrected chi connectivity index (χ1v) is 11.0. The van der Waals surface area contributed by atoms with Gasteiger partial charge in [-0.15, -0.1) is 11.3 Å². The lowest BCUT2D eigenvalue weighted by molar-refractivity contribution is 0.389. The first-order chi connectivity index (χ1) is 13.6. The van der Waals surface area contributed by atoms with Crippen LogP contribution in [0.3, 0.4) is 0 Å². The Kier molecular flexibility index (Phi) is 5.77. The Morgan fingerprint density at radius 1 is 1.29 bits per heavy atom. The van der Waals surface area contributed by atoms with E-state index in [1.165, 1.54) is 12.8 Å². The van der Waals surface area contributed by atoms with Crippen LogP contribution in [0.15, 0.2) is 23.8 Å². The third kappa shape index (κ3) is 4.12. The number of hydrogen-bond acceptors (Lipinski definition) is 7. The molecule has 1 atom stereocenters. The van der Waals surface area contributed by atoms with Gasteiger partial charge in [-0.05, 0) is 44.7 Å². The van der Waals surface area contributed by atoms with Crippen LogP contribution < -0.4 is 16.0 Å². The van der Waals surface area contributed by atoms with Crippen molar-refractivity contribution in [2.24, 2.45) is 5.92 Å². The van der Waals surface area contributed by atoms with Crippen LogP contribution in [0.5, 0.6) is 0 Å². The normalized spacial score (nSPS) is 16.6. The maximum atomic E-state index is 4.89. The molecule has 3 N–H and O–H groups in total. The second kappa shape index (κ2) is 8.45. The summed E-state index contributed by atoms with van der Waals surface area (Å²) in [6.07, 6.45) is 6.21. The van der Waals surface area contributed by atoms with Crippen molar-refractivity contribution in [3.63, 3.8) is 0 Å². The highest BCUT2D eigenvalue weighted by Gasteiger charge is 2.18. The molecule has 3 aromatic rings. The van der Waals surface area contributed by atoms with Crippen molar-refractivity contribution in [2.75, 3.05) is 30.3 Å². The minimum absolute atomic E-state index is 0.106. The van der Waals surface area contributed by atoms with E-state index in [9.17, 15) is 0 Å². The number of nitrogens with zero attached hydrogens (tertiary/aromatic N) is 4. The minimum Gasteiger partial charge on any atom is -0.370 e. The zero-order valence-electron chi connectivity index (χ0n) is 16.8. The van der Waals surface area contributed by atoms with Crippen LogP contribution in [0.25, 0.3) is 5.65 Å². The zero-order valence-corrected chi connectivity index (χ0v) is 17.6. The highest BCUT2D eigenvalue weighted by molar-refractivity contribution is 7.09. The molecule has 0 saturated carbocycles. The van der Waals surface area contributed by atoms with Crippen LogP contribution in [0.1, 0.15) is 56.1 Å². The number of aromatic nitrogens is 4. The van der Waals surface area contributed by atoms with Gasteiger partial charge in [-0.3, -0.25) is 0 Å². The molecule has 1 saturated heterocycles. The van der Waals surface area contributed by atoms with Crippen LogP contribution in [-0.2, 0) is 0 Å². The molecule has 3 aromatic heterocycles. The van der Waals surface area contributed by atoms with E-state index in [2.05, 4.69) is 52.9 Å². The summed E-state index contributed by atoms with van der Waals surface area (Å²) >= 11 is 1.66. The average Bonchev–Trinajstić information content (AvgIpc) is 3.37. The van der Waals surface area contributed by atoms with Gasteiger partial charge in [0.2, 0.25) is 0 Å². The first kappa shape index (κ1) is 19.1. The minimum atomic E-state index is 0.106. The average molecular weight is 400 g/mol. The lowest BCUT2D eigenvalue weighted by Gasteiger charge is -2.23. The summed E-state index contributed by atoms with van der Waals surface area (Å²) in [5.74, 6) is 2.91. The third-order valence-corrected chi connectivity index (χ3v) is 6.30. The molecule has 1 aliphatic heterocycles. The van der Waals surface area contributed by atoms with Crippen molar-refractivity contribution in [3.05, 3.63) is 34.4 Å². The summed E-state index contributed by atoms with van der Waals surface area (Å²) < 4.78 is 1.91. The van der Waals surface area contributed by atoms with E-state index in [0.717, 1.165) is 47.5 Å². The molecule has 0 bridgehead atoms.